The Labute approximate surface area is 208 Å². The van der Waals surface area contributed by atoms with Crippen molar-refractivity contribution >= 4 is 21.5 Å². The molecule has 2 aliphatic heterocycles. The Balaban J connectivity index is 1.81. The van der Waals surface area contributed by atoms with Gasteiger partial charge in [-0.05, 0) is 70.5 Å². The summed E-state index contributed by atoms with van der Waals surface area (Å²) in [5.74, 6) is 1.23. The molecule has 3 aromatic carbocycles. The van der Waals surface area contributed by atoms with Crippen LogP contribution < -0.4 is 14.5 Å². The summed E-state index contributed by atoms with van der Waals surface area (Å²) in [4.78, 5) is 4.70. The van der Waals surface area contributed by atoms with E-state index in [2.05, 4.69) is 37.5 Å². The van der Waals surface area contributed by atoms with Gasteiger partial charge >= 0.3 is 0 Å². The van der Waals surface area contributed by atoms with Crippen LogP contribution in [-0.2, 0) is 19.9 Å². The van der Waals surface area contributed by atoms with Gasteiger partial charge in [-0.2, -0.15) is 8.42 Å². The molecular formula is C28H32N2O4S. The summed E-state index contributed by atoms with van der Waals surface area (Å²) in [6.45, 7) is 13.8. The Hall–Kier alpha value is -3.03. The molecule has 0 aromatic heterocycles. The molecule has 0 fully saturated rings. The molecule has 0 saturated heterocycles. The number of fused-ring (bicyclic) bond motifs is 6. The molecule has 5 rings (SSSR count). The van der Waals surface area contributed by atoms with Crippen molar-refractivity contribution in [3.8, 4) is 11.5 Å². The molecule has 0 N–H and O–H groups in total. The first-order valence-electron chi connectivity index (χ1n) is 12.3. The molecule has 6 nitrogen and oxygen atoms in total. The zero-order valence-electron chi connectivity index (χ0n) is 21.0. The normalized spacial score (nSPS) is 16.3. The van der Waals surface area contributed by atoms with Crippen molar-refractivity contribution in [1.29, 1.82) is 0 Å². The van der Waals surface area contributed by atoms with E-state index in [1.165, 1.54) is 0 Å². The standard InChI is InChI=1S/C28H32N2O4S/c1-6-29(7-2)20-11-14-22-25(17-20)33-26-18-21(30(8-3)9-4)12-15-23(26)28(22)24-13-10-19(5)16-27(24)35(31,32)34-28/h10-18H,6-9H2,1-5H3. The molecule has 7 heteroatoms. The van der Waals surface area contributed by atoms with Crippen molar-refractivity contribution in [3.05, 3.63) is 76.9 Å². The minimum atomic E-state index is -3.97. The SMILES string of the molecule is CCN(CC)c1ccc2c(c1)Oc1cc(N(CC)CC)ccc1C21OS(=O)(=O)c2cc(C)ccc21. The summed E-state index contributed by atoms with van der Waals surface area (Å²) in [7, 11) is -3.97. The van der Waals surface area contributed by atoms with E-state index in [-0.39, 0.29) is 4.90 Å². The Morgan fingerprint density at radius 3 is 1.69 bits per heavy atom. The molecule has 184 valence electrons. The van der Waals surface area contributed by atoms with Crippen LogP contribution in [0.4, 0.5) is 11.4 Å². The molecule has 0 atom stereocenters. The van der Waals surface area contributed by atoms with E-state index in [4.69, 9.17) is 8.92 Å². The molecular weight excluding hydrogens is 460 g/mol. The van der Waals surface area contributed by atoms with Crippen LogP contribution in [0.15, 0.2) is 59.5 Å². The van der Waals surface area contributed by atoms with Crippen LogP contribution in [0.25, 0.3) is 0 Å². The quantitative estimate of drug-likeness (QED) is 0.405. The molecule has 0 bridgehead atoms. The highest BCUT2D eigenvalue weighted by atomic mass is 32.2. The van der Waals surface area contributed by atoms with Crippen LogP contribution in [0.2, 0.25) is 0 Å². The number of rotatable bonds is 6. The van der Waals surface area contributed by atoms with E-state index >= 15 is 0 Å². The average Bonchev–Trinajstić information content (AvgIpc) is 3.07. The van der Waals surface area contributed by atoms with Gasteiger partial charge in [0.25, 0.3) is 10.1 Å². The molecule has 0 amide bonds. The van der Waals surface area contributed by atoms with Crippen molar-refractivity contribution in [2.45, 2.75) is 45.1 Å². The second-order valence-corrected chi connectivity index (χ2v) is 10.5. The monoisotopic (exact) mass is 492 g/mol. The van der Waals surface area contributed by atoms with Gasteiger partial charge in [0, 0.05) is 66.4 Å². The third-order valence-corrected chi connectivity index (χ3v) is 8.53. The Morgan fingerprint density at radius 2 is 1.20 bits per heavy atom. The van der Waals surface area contributed by atoms with E-state index in [1.54, 1.807) is 6.07 Å². The van der Waals surface area contributed by atoms with Crippen molar-refractivity contribution in [2.75, 3.05) is 36.0 Å². The highest BCUT2D eigenvalue weighted by Gasteiger charge is 2.55. The zero-order valence-corrected chi connectivity index (χ0v) is 21.8. The smallest absolute Gasteiger partial charge is 0.298 e. The van der Waals surface area contributed by atoms with Crippen molar-refractivity contribution < 1.29 is 17.3 Å². The van der Waals surface area contributed by atoms with Crippen LogP contribution >= 0.6 is 0 Å². The van der Waals surface area contributed by atoms with Gasteiger partial charge in [-0.25, -0.2) is 4.18 Å². The Kier molecular flexibility index (Phi) is 5.80. The van der Waals surface area contributed by atoms with Crippen LogP contribution in [0.1, 0.15) is 49.9 Å². The summed E-state index contributed by atoms with van der Waals surface area (Å²) >= 11 is 0. The lowest BCUT2D eigenvalue weighted by Crippen LogP contribution is -2.33. The second kappa shape index (κ2) is 8.57. The molecule has 2 heterocycles. The summed E-state index contributed by atoms with van der Waals surface area (Å²) in [6.07, 6.45) is 0. The number of hydrogen-bond acceptors (Lipinski definition) is 6. The van der Waals surface area contributed by atoms with Gasteiger partial charge < -0.3 is 14.5 Å². The fourth-order valence-corrected chi connectivity index (χ4v) is 6.87. The molecule has 2 aliphatic rings. The van der Waals surface area contributed by atoms with Crippen LogP contribution in [0.3, 0.4) is 0 Å². The van der Waals surface area contributed by atoms with Gasteiger partial charge in [0.2, 0.25) is 0 Å². The molecule has 35 heavy (non-hydrogen) atoms. The largest absolute Gasteiger partial charge is 0.456 e. The number of aryl methyl sites for hydroxylation is 1. The minimum absolute atomic E-state index is 0.219. The lowest BCUT2D eigenvalue weighted by molar-refractivity contribution is 0.164. The molecule has 0 radical (unpaired) electrons. The highest BCUT2D eigenvalue weighted by Crippen LogP contribution is 2.58. The van der Waals surface area contributed by atoms with Crippen LogP contribution in [-0.4, -0.2) is 34.6 Å². The third-order valence-electron chi connectivity index (χ3n) is 7.19. The molecule has 0 unspecified atom stereocenters. The lowest BCUT2D eigenvalue weighted by Gasteiger charge is -2.37. The summed E-state index contributed by atoms with van der Waals surface area (Å²) < 4.78 is 39.3. The van der Waals surface area contributed by atoms with Gasteiger partial charge in [-0.15, -0.1) is 0 Å². The first-order chi connectivity index (χ1) is 16.8. The summed E-state index contributed by atoms with van der Waals surface area (Å²) in [5.41, 5.74) is 3.64. The zero-order chi connectivity index (χ0) is 25.0. The van der Waals surface area contributed by atoms with E-state index in [0.717, 1.165) is 43.1 Å². The average molecular weight is 493 g/mol. The number of nitrogens with zero attached hydrogens (tertiary/aromatic N) is 2. The maximum Gasteiger partial charge on any atom is 0.298 e. The van der Waals surface area contributed by atoms with E-state index in [0.29, 0.717) is 28.2 Å². The first-order valence-corrected chi connectivity index (χ1v) is 13.7. The predicted octanol–water partition coefficient (Wildman–Crippen LogP) is 5.80. The fraction of sp³-hybridized carbons (Fsp3) is 0.357. The number of ether oxygens (including phenoxy) is 1. The second-order valence-electron chi connectivity index (χ2n) is 9.03. The van der Waals surface area contributed by atoms with Crippen molar-refractivity contribution in [2.24, 2.45) is 0 Å². The fourth-order valence-electron chi connectivity index (χ4n) is 5.37. The van der Waals surface area contributed by atoms with Gasteiger partial charge in [-0.1, -0.05) is 12.1 Å². The lowest BCUT2D eigenvalue weighted by atomic mass is 9.77. The Morgan fingerprint density at radius 1 is 0.714 bits per heavy atom. The minimum Gasteiger partial charge on any atom is -0.456 e. The number of hydrogen-bond donors (Lipinski definition) is 0. The Bertz CT molecular complexity index is 1330. The van der Waals surface area contributed by atoms with Gasteiger partial charge in [0.15, 0.2) is 5.60 Å². The van der Waals surface area contributed by atoms with Crippen LogP contribution in [0, 0.1) is 6.92 Å². The van der Waals surface area contributed by atoms with Crippen LogP contribution in [0.5, 0.6) is 11.5 Å². The van der Waals surface area contributed by atoms with Gasteiger partial charge in [0.1, 0.15) is 16.4 Å². The summed E-state index contributed by atoms with van der Waals surface area (Å²) in [6, 6.07) is 17.5. The number of anilines is 2. The summed E-state index contributed by atoms with van der Waals surface area (Å²) in [5, 5.41) is 0. The van der Waals surface area contributed by atoms with E-state index < -0.39 is 15.7 Å². The van der Waals surface area contributed by atoms with Crippen molar-refractivity contribution in [3.63, 3.8) is 0 Å². The van der Waals surface area contributed by atoms with Gasteiger partial charge in [-0.3, -0.25) is 0 Å². The first kappa shape index (κ1) is 23.7. The van der Waals surface area contributed by atoms with Crippen molar-refractivity contribution in [1.82, 2.24) is 0 Å². The maximum absolute atomic E-state index is 13.4. The molecule has 0 aliphatic carbocycles. The third kappa shape index (κ3) is 3.52. The highest BCUT2D eigenvalue weighted by molar-refractivity contribution is 7.87. The predicted molar refractivity (Wildman–Crippen MR) is 139 cm³/mol. The van der Waals surface area contributed by atoms with Gasteiger partial charge in [0.05, 0.1) is 0 Å². The molecule has 1 spiro atoms. The van der Waals surface area contributed by atoms with E-state index in [1.807, 2.05) is 55.5 Å². The maximum atomic E-state index is 13.4. The number of benzene rings is 3. The molecule has 0 saturated carbocycles. The topological polar surface area (TPSA) is 59.1 Å². The van der Waals surface area contributed by atoms with E-state index in [9.17, 15) is 8.42 Å². The molecule has 3 aromatic rings.